The van der Waals surface area contributed by atoms with E-state index in [9.17, 15) is 9.90 Å². The van der Waals surface area contributed by atoms with E-state index in [1.54, 1.807) is 19.2 Å². The van der Waals surface area contributed by atoms with Gasteiger partial charge in [-0.25, -0.2) is 0 Å². The third-order valence-electron chi connectivity index (χ3n) is 3.25. The summed E-state index contributed by atoms with van der Waals surface area (Å²) in [5.41, 5.74) is 0.490. The molecular formula is C13H17ClN2O2. The first-order chi connectivity index (χ1) is 8.59. The van der Waals surface area contributed by atoms with Gasteiger partial charge in [-0.1, -0.05) is 11.6 Å². The van der Waals surface area contributed by atoms with E-state index in [0.717, 1.165) is 19.4 Å². The molecular weight excluding hydrogens is 252 g/mol. The zero-order valence-electron chi connectivity index (χ0n) is 10.3. The zero-order chi connectivity index (χ0) is 13.1. The molecule has 2 rings (SSSR count). The summed E-state index contributed by atoms with van der Waals surface area (Å²) in [6.45, 7) is 2.48. The molecule has 98 valence electrons. The molecule has 0 bridgehead atoms. The molecule has 18 heavy (non-hydrogen) atoms. The quantitative estimate of drug-likeness (QED) is 0.914. The maximum Gasteiger partial charge on any atom is 0.255 e. The van der Waals surface area contributed by atoms with Crippen molar-refractivity contribution in [2.75, 3.05) is 6.54 Å². The number of hydrogen-bond acceptors (Lipinski definition) is 3. The lowest BCUT2D eigenvalue weighted by Crippen LogP contribution is -2.37. The Hall–Kier alpha value is -1.13. The Morgan fingerprint density at radius 3 is 3.17 bits per heavy atom. The molecule has 1 saturated heterocycles. The summed E-state index contributed by atoms with van der Waals surface area (Å²) >= 11 is 5.99. The summed E-state index contributed by atoms with van der Waals surface area (Å²) in [7, 11) is 0. The van der Waals surface area contributed by atoms with Crippen molar-refractivity contribution >= 4 is 17.5 Å². The second kappa shape index (κ2) is 5.67. The highest BCUT2D eigenvalue weighted by Crippen LogP contribution is 2.25. The number of rotatable bonds is 3. The van der Waals surface area contributed by atoms with Crippen molar-refractivity contribution in [2.24, 2.45) is 0 Å². The van der Waals surface area contributed by atoms with Gasteiger partial charge >= 0.3 is 0 Å². The second-order valence-corrected chi connectivity index (χ2v) is 5.14. The van der Waals surface area contributed by atoms with Gasteiger partial charge in [0.15, 0.2) is 0 Å². The molecule has 0 radical (unpaired) electrons. The third kappa shape index (κ3) is 2.82. The summed E-state index contributed by atoms with van der Waals surface area (Å²) in [5, 5.41) is 9.84. The minimum atomic E-state index is -0.392. The number of likely N-dealkylation sites (tertiary alicyclic amines) is 1. The van der Waals surface area contributed by atoms with E-state index >= 15 is 0 Å². The fourth-order valence-corrected chi connectivity index (χ4v) is 2.65. The Morgan fingerprint density at radius 2 is 2.50 bits per heavy atom. The van der Waals surface area contributed by atoms with Crippen LogP contribution in [0.4, 0.5) is 0 Å². The van der Waals surface area contributed by atoms with Gasteiger partial charge in [0.25, 0.3) is 5.91 Å². The third-order valence-corrected chi connectivity index (χ3v) is 3.56. The van der Waals surface area contributed by atoms with E-state index in [4.69, 9.17) is 11.6 Å². The maximum absolute atomic E-state index is 12.4. The van der Waals surface area contributed by atoms with Crippen LogP contribution >= 0.6 is 11.6 Å². The van der Waals surface area contributed by atoms with Crippen molar-refractivity contribution in [3.8, 4) is 0 Å². The second-order valence-electron chi connectivity index (χ2n) is 4.73. The number of aliphatic hydroxyl groups excluding tert-OH is 1. The summed E-state index contributed by atoms with van der Waals surface area (Å²) in [5.74, 6) is -0.0643. The number of nitrogens with zero attached hydrogens (tertiary/aromatic N) is 2. The number of aromatic nitrogens is 1. The first kappa shape index (κ1) is 13.3. The van der Waals surface area contributed by atoms with Gasteiger partial charge in [-0.2, -0.15) is 0 Å². The largest absolute Gasteiger partial charge is 0.393 e. The van der Waals surface area contributed by atoms with Crippen LogP contribution in [0, 0.1) is 0 Å². The Bertz CT molecular complexity index is 437. The zero-order valence-corrected chi connectivity index (χ0v) is 11.1. The fourth-order valence-electron chi connectivity index (χ4n) is 2.45. The number of hydrogen-bond donors (Lipinski definition) is 1. The Kier molecular flexibility index (Phi) is 4.19. The predicted octanol–water partition coefficient (Wildman–Crippen LogP) is 2.11. The van der Waals surface area contributed by atoms with Crippen LogP contribution < -0.4 is 0 Å². The van der Waals surface area contributed by atoms with E-state index < -0.39 is 6.10 Å². The van der Waals surface area contributed by atoms with Crippen LogP contribution in [0.15, 0.2) is 18.5 Å². The van der Waals surface area contributed by atoms with Crippen LogP contribution in [0.3, 0.4) is 0 Å². The monoisotopic (exact) mass is 268 g/mol. The summed E-state index contributed by atoms with van der Waals surface area (Å²) in [6, 6.07) is 1.75. The van der Waals surface area contributed by atoms with Gasteiger partial charge in [0.05, 0.1) is 16.7 Å². The molecule has 2 atom stereocenters. The van der Waals surface area contributed by atoms with Gasteiger partial charge in [0.1, 0.15) is 0 Å². The fraction of sp³-hybridized carbons (Fsp3) is 0.538. The van der Waals surface area contributed by atoms with Gasteiger partial charge in [-0.3, -0.25) is 9.78 Å². The molecule has 0 spiro atoms. The lowest BCUT2D eigenvalue weighted by molar-refractivity contribution is 0.0682. The first-order valence-corrected chi connectivity index (χ1v) is 6.56. The van der Waals surface area contributed by atoms with Crippen molar-refractivity contribution in [2.45, 2.75) is 38.3 Å². The number of aliphatic hydroxyl groups is 1. The summed E-state index contributed by atoms with van der Waals surface area (Å²) in [6.07, 6.45) is 5.20. The lowest BCUT2D eigenvalue weighted by atomic mass is 10.1. The molecule has 1 amide bonds. The molecule has 1 fully saturated rings. The molecule has 1 aromatic heterocycles. The highest BCUT2D eigenvalue weighted by atomic mass is 35.5. The average molecular weight is 269 g/mol. The Balaban J connectivity index is 2.15. The molecule has 1 N–H and O–H groups in total. The minimum absolute atomic E-state index is 0.0643. The molecule has 4 nitrogen and oxygen atoms in total. The predicted molar refractivity (Wildman–Crippen MR) is 69.6 cm³/mol. The number of amides is 1. The molecule has 0 aliphatic carbocycles. The number of carbonyl (C=O) groups is 1. The van der Waals surface area contributed by atoms with Crippen LogP contribution in [0.2, 0.25) is 5.02 Å². The minimum Gasteiger partial charge on any atom is -0.393 e. The van der Waals surface area contributed by atoms with E-state index in [1.165, 1.54) is 6.20 Å². The summed E-state index contributed by atoms with van der Waals surface area (Å²) < 4.78 is 0. The number of carbonyl (C=O) groups excluding carboxylic acids is 1. The summed E-state index contributed by atoms with van der Waals surface area (Å²) in [4.78, 5) is 18.1. The van der Waals surface area contributed by atoms with E-state index in [0.29, 0.717) is 17.0 Å². The van der Waals surface area contributed by atoms with Crippen LogP contribution in [0.1, 0.15) is 36.5 Å². The molecule has 1 aromatic rings. The standard InChI is InChI=1S/C13H17ClN2O2/c1-9(17)7-10-3-2-6-16(10)13(18)11-4-5-15-8-12(11)14/h4-5,8-10,17H,2-3,6-7H2,1H3. The van der Waals surface area contributed by atoms with Crippen molar-refractivity contribution < 1.29 is 9.90 Å². The van der Waals surface area contributed by atoms with E-state index in [-0.39, 0.29) is 11.9 Å². The molecule has 2 unspecified atom stereocenters. The number of halogens is 1. The normalized spacial score (nSPS) is 21.1. The molecule has 0 aromatic carbocycles. The highest BCUT2D eigenvalue weighted by molar-refractivity contribution is 6.33. The van der Waals surface area contributed by atoms with Crippen molar-refractivity contribution in [1.82, 2.24) is 9.88 Å². The smallest absolute Gasteiger partial charge is 0.255 e. The number of pyridine rings is 1. The molecule has 1 aliphatic rings. The van der Waals surface area contributed by atoms with Gasteiger partial charge < -0.3 is 10.0 Å². The van der Waals surface area contributed by atoms with Crippen LogP contribution in [0.25, 0.3) is 0 Å². The first-order valence-electron chi connectivity index (χ1n) is 6.18. The Morgan fingerprint density at radius 1 is 1.72 bits per heavy atom. The average Bonchev–Trinajstić information content (AvgIpc) is 2.76. The van der Waals surface area contributed by atoms with Crippen molar-refractivity contribution in [3.63, 3.8) is 0 Å². The molecule has 2 heterocycles. The topological polar surface area (TPSA) is 53.4 Å². The van der Waals surface area contributed by atoms with Crippen molar-refractivity contribution in [3.05, 3.63) is 29.0 Å². The lowest BCUT2D eigenvalue weighted by Gasteiger charge is -2.26. The van der Waals surface area contributed by atoms with Crippen LogP contribution in [0.5, 0.6) is 0 Å². The van der Waals surface area contributed by atoms with Gasteiger partial charge in [-0.05, 0) is 32.3 Å². The van der Waals surface area contributed by atoms with Gasteiger partial charge in [0, 0.05) is 25.0 Å². The van der Waals surface area contributed by atoms with Crippen LogP contribution in [-0.4, -0.2) is 39.6 Å². The van der Waals surface area contributed by atoms with Crippen molar-refractivity contribution in [1.29, 1.82) is 0 Å². The maximum atomic E-state index is 12.4. The molecule has 1 aliphatic heterocycles. The van der Waals surface area contributed by atoms with Crippen LogP contribution in [-0.2, 0) is 0 Å². The Labute approximate surface area is 112 Å². The molecule has 0 saturated carbocycles. The SMILES string of the molecule is CC(O)CC1CCCN1C(=O)c1ccncc1Cl. The van der Waals surface area contributed by atoms with Gasteiger partial charge in [-0.15, -0.1) is 0 Å². The van der Waals surface area contributed by atoms with E-state index in [2.05, 4.69) is 4.98 Å². The molecule has 5 heteroatoms. The highest BCUT2D eigenvalue weighted by Gasteiger charge is 2.30. The van der Waals surface area contributed by atoms with E-state index in [1.807, 2.05) is 4.90 Å². The van der Waals surface area contributed by atoms with Gasteiger partial charge in [0.2, 0.25) is 0 Å².